The van der Waals surface area contributed by atoms with Crippen molar-refractivity contribution in [3.63, 3.8) is 0 Å². The zero-order valence-corrected chi connectivity index (χ0v) is 11.6. The smallest absolute Gasteiger partial charge is 0.238 e. The number of sulfonamides is 1. The Morgan fingerprint density at radius 1 is 1.05 bits per heavy atom. The molecule has 0 radical (unpaired) electrons. The first-order valence-electron chi connectivity index (χ1n) is 5.32. The van der Waals surface area contributed by atoms with E-state index in [0.29, 0.717) is 4.90 Å². The summed E-state index contributed by atoms with van der Waals surface area (Å²) in [4.78, 5) is 0.186. The summed E-state index contributed by atoms with van der Waals surface area (Å²) in [5.41, 5.74) is 5.74. The number of halogens is 2. The number of nitrogens with two attached hydrogens (primary N) is 2. The number of benzene rings is 2. The van der Waals surface area contributed by atoms with Crippen molar-refractivity contribution >= 4 is 27.5 Å². The van der Waals surface area contributed by atoms with Crippen LogP contribution < -0.4 is 10.9 Å². The average Bonchev–Trinajstić information content (AvgIpc) is 2.32. The summed E-state index contributed by atoms with van der Waals surface area (Å²) in [6.07, 6.45) is 0. The minimum atomic E-state index is -3.92. The van der Waals surface area contributed by atoms with Crippen molar-refractivity contribution in [2.45, 2.75) is 14.7 Å². The molecule has 0 saturated heterocycles. The summed E-state index contributed by atoms with van der Waals surface area (Å²) in [6, 6.07) is 6.89. The maximum atomic E-state index is 13.5. The molecule has 4 N–H and O–H groups in total. The molecule has 0 heterocycles. The Labute approximate surface area is 118 Å². The van der Waals surface area contributed by atoms with Crippen molar-refractivity contribution in [3.8, 4) is 0 Å². The average molecular weight is 316 g/mol. The van der Waals surface area contributed by atoms with E-state index in [-0.39, 0.29) is 15.5 Å². The van der Waals surface area contributed by atoms with Crippen molar-refractivity contribution in [1.29, 1.82) is 0 Å². The van der Waals surface area contributed by atoms with Gasteiger partial charge in [-0.05, 0) is 36.4 Å². The van der Waals surface area contributed by atoms with E-state index in [1.54, 1.807) is 0 Å². The van der Waals surface area contributed by atoms with Gasteiger partial charge >= 0.3 is 0 Å². The molecule has 20 heavy (non-hydrogen) atoms. The molecule has 0 aliphatic rings. The topological polar surface area (TPSA) is 86.2 Å². The van der Waals surface area contributed by atoms with E-state index in [9.17, 15) is 17.2 Å². The number of nitrogen functional groups attached to an aromatic ring is 1. The molecule has 0 aliphatic heterocycles. The van der Waals surface area contributed by atoms with Crippen molar-refractivity contribution in [2.24, 2.45) is 5.14 Å². The fraction of sp³-hybridized carbons (Fsp3) is 0. The second-order valence-electron chi connectivity index (χ2n) is 3.96. The maximum Gasteiger partial charge on any atom is 0.238 e. The fourth-order valence-electron chi connectivity index (χ4n) is 1.50. The highest BCUT2D eigenvalue weighted by Gasteiger charge is 2.12. The van der Waals surface area contributed by atoms with E-state index >= 15 is 0 Å². The summed E-state index contributed by atoms with van der Waals surface area (Å²) in [5.74, 6) is -1.21. The van der Waals surface area contributed by atoms with Gasteiger partial charge in [-0.3, -0.25) is 0 Å². The summed E-state index contributed by atoms with van der Waals surface area (Å²) in [5, 5.41) is 5.02. The molecule has 0 atom stereocenters. The van der Waals surface area contributed by atoms with Gasteiger partial charge in [0.05, 0.1) is 9.79 Å². The van der Waals surface area contributed by atoms with Crippen LogP contribution in [0.1, 0.15) is 0 Å². The quantitative estimate of drug-likeness (QED) is 0.851. The Kier molecular flexibility index (Phi) is 3.98. The van der Waals surface area contributed by atoms with Gasteiger partial charge in [-0.25, -0.2) is 22.3 Å². The molecule has 4 nitrogen and oxygen atoms in total. The number of anilines is 1. The van der Waals surface area contributed by atoms with Crippen LogP contribution in [0, 0.1) is 11.6 Å². The van der Waals surface area contributed by atoms with Gasteiger partial charge in [0, 0.05) is 10.6 Å². The molecule has 0 unspecified atom stereocenters. The van der Waals surface area contributed by atoms with E-state index in [0.717, 1.165) is 30.0 Å². The highest BCUT2D eigenvalue weighted by Crippen LogP contribution is 2.32. The molecular weight excluding hydrogens is 306 g/mol. The molecule has 2 aromatic rings. The number of rotatable bonds is 3. The predicted octanol–water partition coefficient (Wildman–Crippen LogP) is 2.35. The zero-order chi connectivity index (χ0) is 14.9. The Balaban J connectivity index is 2.44. The van der Waals surface area contributed by atoms with E-state index in [1.165, 1.54) is 18.2 Å². The van der Waals surface area contributed by atoms with Crippen LogP contribution in [0.3, 0.4) is 0 Å². The van der Waals surface area contributed by atoms with E-state index in [1.807, 2.05) is 0 Å². The number of primary sulfonamides is 1. The van der Waals surface area contributed by atoms with E-state index in [2.05, 4.69) is 0 Å². The van der Waals surface area contributed by atoms with Gasteiger partial charge in [-0.2, -0.15) is 0 Å². The van der Waals surface area contributed by atoms with Crippen LogP contribution in [0.4, 0.5) is 14.5 Å². The molecule has 2 aromatic carbocycles. The van der Waals surface area contributed by atoms with Gasteiger partial charge < -0.3 is 5.73 Å². The first-order valence-corrected chi connectivity index (χ1v) is 7.68. The molecule has 0 saturated carbocycles. The molecule has 0 aromatic heterocycles. The van der Waals surface area contributed by atoms with Gasteiger partial charge in [0.25, 0.3) is 0 Å². The maximum absolute atomic E-state index is 13.5. The van der Waals surface area contributed by atoms with Crippen LogP contribution >= 0.6 is 11.8 Å². The first-order chi connectivity index (χ1) is 9.25. The molecule has 0 amide bonds. The van der Waals surface area contributed by atoms with E-state index < -0.39 is 21.7 Å². The number of hydrogen-bond donors (Lipinski definition) is 2. The predicted molar refractivity (Wildman–Crippen MR) is 72.7 cm³/mol. The minimum absolute atomic E-state index is 0.0240. The Morgan fingerprint density at radius 3 is 2.40 bits per heavy atom. The number of hydrogen-bond acceptors (Lipinski definition) is 4. The molecule has 106 valence electrons. The Morgan fingerprint density at radius 2 is 1.75 bits per heavy atom. The molecule has 0 spiro atoms. The lowest BCUT2D eigenvalue weighted by molar-refractivity contribution is 0.577. The molecule has 0 aliphatic carbocycles. The summed E-state index contributed by atoms with van der Waals surface area (Å²) in [6.45, 7) is 0. The van der Waals surface area contributed by atoms with Crippen LogP contribution in [0.5, 0.6) is 0 Å². The zero-order valence-electron chi connectivity index (χ0n) is 10.0. The Bertz CT molecular complexity index is 764. The van der Waals surface area contributed by atoms with Crippen LogP contribution in [-0.2, 0) is 10.0 Å². The first kappa shape index (κ1) is 14.8. The van der Waals surface area contributed by atoms with Gasteiger partial charge in [0.2, 0.25) is 10.0 Å². The largest absolute Gasteiger partial charge is 0.399 e. The van der Waals surface area contributed by atoms with Crippen molar-refractivity contribution in [1.82, 2.24) is 0 Å². The van der Waals surface area contributed by atoms with Crippen LogP contribution in [0.2, 0.25) is 0 Å². The van der Waals surface area contributed by atoms with Crippen LogP contribution in [0.15, 0.2) is 51.1 Å². The summed E-state index contributed by atoms with van der Waals surface area (Å²) < 4.78 is 49.2. The van der Waals surface area contributed by atoms with Gasteiger partial charge in [0.1, 0.15) is 11.6 Å². The third-order valence-corrected chi connectivity index (χ3v) is 4.25. The fourth-order valence-corrected chi connectivity index (χ4v) is 3.14. The molecule has 0 fully saturated rings. The van der Waals surface area contributed by atoms with Crippen LogP contribution in [-0.4, -0.2) is 8.42 Å². The molecule has 0 bridgehead atoms. The lowest BCUT2D eigenvalue weighted by Gasteiger charge is -2.07. The second kappa shape index (κ2) is 5.39. The third-order valence-electron chi connectivity index (χ3n) is 2.35. The molecule has 2 rings (SSSR count). The lowest BCUT2D eigenvalue weighted by Crippen LogP contribution is -2.12. The van der Waals surface area contributed by atoms with Gasteiger partial charge in [-0.15, -0.1) is 0 Å². The molecule has 8 heteroatoms. The van der Waals surface area contributed by atoms with Gasteiger partial charge in [-0.1, -0.05) is 11.8 Å². The highest BCUT2D eigenvalue weighted by atomic mass is 32.2. The second-order valence-corrected chi connectivity index (χ2v) is 6.64. The Hall–Kier alpha value is -1.64. The van der Waals surface area contributed by atoms with Crippen molar-refractivity contribution in [2.75, 3.05) is 5.73 Å². The van der Waals surface area contributed by atoms with E-state index in [4.69, 9.17) is 10.9 Å². The molecular formula is C12H10F2N2O2S2. The SMILES string of the molecule is Nc1cc(Sc2cc(F)ccc2F)cc(S(N)(=O)=O)c1. The standard InChI is InChI=1S/C12H10F2N2O2S2/c13-7-1-2-11(14)12(3-7)19-9-4-8(15)5-10(6-9)20(16,17)18/h1-6H,15H2,(H2,16,17,18). The van der Waals surface area contributed by atoms with Gasteiger partial charge in [0.15, 0.2) is 0 Å². The minimum Gasteiger partial charge on any atom is -0.399 e. The van der Waals surface area contributed by atoms with Crippen molar-refractivity contribution in [3.05, 3.63) is 48.0 Å². The lowest BCUT2D eigenvalue weighted by atomic mass is 10.3. The highest BCUT2D eigenvalue weighted by molar-refractivity contribution is 7.99. The monoisotopic (exact) mass is 316 g/mol. The third kappa shape index (κ3) is 3.47. The summed E-state index contributed by atoms with van der Waals surface area (Å²) >= 11 is 0.858. The van der Waals surface area contributed by atoms with Crippen molar-refractivity contribution < 1.29 is 17.2 Å². The van der Waals surface area contributed by atoms with Crippen LogP contribution in [0.25, 0.3) is 0 Å². The normalized spacial score (nSPS) is 11.6. The summed E-state index contributed by atoms with van der Waals surface area (Å²) in [7, 11) is -3.92.